The monoisotopic (exact) mass is 219 g/mol. The quantitative estimate of drug-likeness (QED) is 0.685. The molecule has 4 atom stereocenters. The molecule has 1 aliphatic rings. The van der Waals surface area contributed by atoms with E-state index in [0.717, 1.165) is 6.54 Å². The van der Waals surface area contributed by atoms with Crippen LogP contribution in [0.3, 0.4) is 0 Å². The summed E-state index contributed by atoms with van der Waals surface area (Å²) in [6, 6.07) is 0.149. The van der Waals surface area contributed by atoms with Gasteiger partial charge in [0, 0.05) is 35.0 Å². The van der Waals surface area contributed by atoms with Crippen LogP contribution in [0.15, 0.2) is 0 Å². The highest BCUT2D eigenvalue weighted by molar-refractivity contribution is 4.94. The summed E-state index contributed by atoms with van der Waals surface area (Å²) in [6.07, 6.45) is -0.0805. The molecule has 1 fully saturated rings. The zero-order valence-corrected chi connectivity index (χ0v) is 9.86. The third-order valence-corrected chi connectivity index (χ3v) is 2.86. The van der Waals surface area contributed by atoms with Crippen LogP contribution in [0, 0.1) is 0 Å². The van der Waals surface area contributed by atoms with Gasteiger partial charge in [-0.15, -0.1) is 0 Å². The van der Waals surface area contributed by atoms with Crippen LogP contribution in [0.5, 0.6) is 0 Å². The molecule has 1 N–H and O–H groups in total. The molecule has 0 spiro atoms. The van der Waals surface area contributed by atoms with Crippen LogP contribution in [0.4, 0.5) is 0 Å². The average molecular weight is 219 g/mol. The topological polar surface area (TPSA) is 49.0 Å². The molecular formula is C10H21NO4. The van der Waals surface area contributed by atoms with Gasteiger partial charge < -0.3 is 24.3 Å². The lowest BCUT2D eigenvalue weighted by Gasteiger charge is -2.41. The Morgan fingerprint density at radius 3 is 2.13 bits per heavy atom. The first-order valence-electron chi connectivity index (χ1n) is 5.09. The molecule has 1 heterocycles. The van der Waals surface area contributed by atoms with Crippen LogP contribution in [-0.4, -0.2) is 65.9 Å². The molecule has 0 radical (unpaired) electrons. The molecule has 1 rings (SSSR count). The molecule has 5 heteroatoms. The predicted molar refractivity (Wildman–Crippen MR) is 56.1 cm³/mol. The zero-order valence-electron chi connectivity index (χ0n) is 9.86. The van der Waals surface area contributed by atoms with Crippen LogP contribution in [0.25, 0.3) is 0 Å². The van der Waals surface area contributed by atoms with Crippen molar-refractivity contribution in [3.05, 3.63) is 0 Å². The Balaban J connectivity index is 2.65. The van der Waals surface area contributed by atoms with Gasteiger partial charge in [-0.1, -0.05) is 0 Å². The fourth-order valence-electron chi connectivity index (χ4n) is 2.08. The van der Waals surface area contributed by atoms with Crippen molar-refractivity contribution in [3.8, 4) is 0 Å². The smallest absolute Gasteiger partial charge is 0.112 e. The van der Waals surface area contributed by atoms with Crippen LogP contribution >= 0.6 is 0 Å². The van der Waals surface area contributed by atoms with E-state index in [1.807, 2.05) is 0 Å². The van der Waals surface area contributed by atoms with Crippen molar-refractivity contribution in [2.45, 2.75) is 24.4 Å². The first-order chi connectivity index (χ1) is 7.28. The van der Waals surface area contributed by atoms with Crippen molar-refractivity contribution in [3.63, 3.8) is 0 Å². The fourth-order valence-corrected chi connectivity index (χ4v) is 2.08. The third-order valence-electron chi connectivity index (χ3n) is 2.86. The van der Waals surface area contributed by atoms with E-state index in [-0.39, 0.29) is 24.4 Å². The molecule has 5 nitrogen and oxygen atoms in total. The SMILES string of the molecule is COCC1NC[C@@H](OC)[C@@H](OC)[C@@H]1OC. The maximum Gasteiger partial charge on any atom is 0.112 e. The molecule has 1 saturated heterocycles. The summed E-state index contributed by atoms with van der Waals surface area (Å²) >= 11 is 0. The molecule has 1 aliphatic heterocycles. The number of piperidine rings is 1. The average Bonchev–Trinajstić information content (AvgIpc) is 2.28. The van der Waals surface area contributed by atoms with Crippen molar-refractivity contribution >= 4 is 0 Å². The van der Waals surface area contributed by atoms with Gasteiger partial charge in [0.05, 0.1) is 18.8 Å². The first-order valence-corrected chi connectivity index (χ1v) is 5.09. The van der Waals surface area contributed by atoms with Crippen LogP contribution < -0.4 is 5.32 Å². The van der Waals surface area contributed by atoms with Gasteiger partial charge in [-0.2, -0.15) is 0 Å². The number of ether oxygens (including phenoxy) is 4. The van der Waals surface area contributed by atoms with E-state index in [2.05, 4.69) is 5.32 Å². The maximum absolute atomic E-state index is 5.44. The Kier molecular flexibility index (Phi) is 5.49. The van der Waals surface area contributed by atoms with E-state index in [4.69, 9.17) is 18.9 Å². The van der Waals surface area contributed by atoms with Gasteiger partial charge in [0.2, 0.25) is 0 Å². The van der Waals surface area contributed by atoms with Crippen LogP contribution in [0.2, 0.25) is 0 Å². The molecular weight excluding hydrogens is 198 g/mol. The normalized spacial score (nSPS) is 36.8. The van der Waals surface area contributed by atoms with Crippen molar-refractivity contribution in [2.75, 3.05) is 41.6 Å². The number of hydrogen-bond donors (Lipinski definition) is 1. The Labute approximate surface area is 91.0 Å². The standard InChI is InChI=1S/C10H21NO4/c1-12-6-7-9(14-3)10(15-4)8(13-2)5-11-7/h7-11H,5-6H2,1-4H3/t7?,8-,9-,10-/m1/s1. The highest BCUT2D eigenvalue weighted by Gasteiger charge is 2.39. The third kappa shape index (κ3) is 2.89. The highest BCUT2D eigenvalue weighted by atomic mass is 16.6. The molecule has 0 aromatic carbocycles. The zero-order chi connectivity index (χ0) is 11.3. The van der Waals surface area contributed by atoms with Gasteiger partial charge >= 0.3 is 0 Å². The molecule has 0 aliphatic carbocycles. The minimum absolute atomic E-state index is 0.0213. The number of nitrogens with one attached hydrogen (secondary N) is 1. The van der Waals surface area contributed by atoms with Gasteiger partial charge in [0.25, 0.3) is 0 Å². The Morgan fingerprint density at radius 1 is 1.00 bits per heavy atom. The van der Waals surface area contributed by atoms with E-state index in [0.29, 0.717) is 6.61 Å². The van der Waals surface area contributed by atoms with Crippen molar-refractivity contribution in [2.24, 2.45) is 0 Å². The van der Waals surface area contributed by atoms with E-state index in [1.165, 1.54) is 0 Å². The Hall–Kier alpha value is -0.200. The van der Waals surface area contributed by atoms with Crippen molar-refractivity contribution in [1.82, 2.24) is 5.32 Å². The summed E-state index contributed by atoms with van der Waals surface area (Å²) in [5.74, 6) is 0. The number of rotatable bonds is 5. The molecule has 90 valence electrons. The predicted octanol–water partition coefficient (Wildman–Crippen LogP) is -0.350. The van der Waals surface area contributed by atoms with Gasteiger partial charge in [0.15, 0.2) is 0 Å². The van der Waals surface area contributed by atoms with E-state index >= 15 is 0 Å². The second kappa shape index (κ2) is 6.40. The van der Waals surface area contributed by atoms with Crippen molar-refractivity contribution in [1.29, 1.82) is 0 Å². The van der Waals surface area contributed by atoms with Crippen LogP contribution in [0.1, 0.15) is 0 Å². The summed E-state index contributed by atoms with van der Waals surface area (Å²) in [6.45, 7) is 1.36. The maximum atomic E-state index is 5.44. The highest BCUT2D eigenvalue weighted by Crippen LogP contribution is 2.18. The Morgan fingerprint density at radius 2 is 1.67 bits per heavy atom. The van der Waals surface area contributed by atoms with Gasteiger partial charge in [-0.25, -0.2) is 0 Å². The summed E-state index contributed by atoms with van der Waals surface area (Å²) in [7, 11) is 6.72. The summed E-state index contributed by atoms with van der Waals surface area (Å²) < 4.78 is 21.4. The molecule has 0 saturated carbocycles. The summed E-state index contributed by atoms with van der Waals surface area (Å²) in [5, 5.41) is 3.33. The van der Waals surface area contributed by atoms with Gasteiger partial charge in [0.1, 0.15) is 12.2 Å². The Bertz CT molecular complexity index is 179. The molecule has 0 amide bonds. The second-order valence-corrected chi connectivity index (χ2v) is 3.64. The number of methoxy groups -OCH3 is 4. The molecule has 0 aromatic heterocycles. The fraction of sp³-hybridized carbons (Fsp3) is 1.00. The lowest BCUT2D eigenvalue weighted by atomic mass is 9.96. The number of hydrogen-bond acceptors (Lipinski definition) is 5. The van der Waals surface area contributed by atoms with E-state index in [1.54, 1.807) is 28.4 Å². The lowest BCUT2D eigenvalue weighted by Crippen LogP contribution is -2.62. The minimum atomic E-state index is -0.0543. The van der Waals surface area contributed by atoms with Gasteiger partial charge in [-0.05, 0) is 0 Å². The summed E-state index contributed by atoms with van der Waals surface area (Å²) in [5.41, 5.74) is 0. The molecule has 15 heavy (non-hydrogen) atoms. The molecule has 0 aromatic rings. The minimum Gasteiger partial charge on any atom is -0.383 e. The lowest BCUT2D eigenvalue weighted by molar-refractivity contribution is -0.141. The first kappa shape index (κ1) is 12.9. The molecule has 0 bridgehead atoms. The second-order valence-electron chi connectivity index (χ2n) is 3.64. The van der Waals surface area contributed by atoms with Crippen molar-refractivity contribution < 1.29 is 18.9 Å². The largest absolute Gasteiger partial charge is 0.383 e. The van der Waals surface area contributed by atoms with Gasteiger partial charge in [-0.3, -0.25) is 0 Å². The molecule has 1 unspecified atom stereocenters. The van der Waals surface area contributed by atoms with E-state index in [9.17, 15) is 0 Å². The van der Waals surface area contributed by atoms with Crippen LogP contribution in [-0.2, 0) is 18.9 Å². The summed E-state index contributed by atoms with van der Waals surface area (Å²) in [4.78, 5) is 0. The van der Waals surface area contributed by atoms with E-state index < -0.39 is 0 Å².